The Labute approximate surface area is 84.1 Å². The fourth-order valence-corrected chi connectivity index (χ4v) is 0.953. The highest BCUT2D eigenvalue weighted by molar-refractivity contribution is 5.28. The molecule has 0 saturated carbocycles. The zero-order chi connectivity index (χ0) is 11.3. The molecule has 0 N–H and O–H groups in total. The zero-order valence-corrected chi connectivity index (χ0v) is 7.62. The lowest BCUT2D eigenvalue weighted by Gasteiger charge is -2.09. The fraction of sp³-hybridized carbons (Fsp3) is 0.222. The number of alkyl halides is 3. The number of hydrogen-bond acceptors (Lipinski definition) is 3. The first-order valence-corrected chi connectivity index (χ1v) is 3.94. The van der Waals surface area contributed by atoms with Gasteiger partial charge in [0.15, 0.2) is 0 Å². The predicted molar refractivity (Wildman–Crippen MR) is 47.5 cm³/mol. The van der Waals surface area contributed by atoms with Gasteiger partial charge in [-0.2, -0.15) is 0 Å². The van der Waals surface area contributed by atoms with Crippen LogP contribution in [0.3, 0.4) is 0 Å². The van der Waals surface area contributed by atoms with Crippen molar-refractivity contribution in [1.82, 2.24) is 0 Å². The molecular weight excluding hydrogens is 211 g/mol. The van der Waals surface area contributed by atoms with E-state index < -0.39 is 6.36 Å². The Bertz CT molecular complexity index is 338. The van der Waals surface area contributed by atoms with Crippen LogP contribution in [0.4, 0.5) is 13.2 Å². The van der Waals surface area contributed by atoms with Crippen LogP contribution in [0.5, 0.6) is 5.75 Å². The van der Waals surface area contributed by atoms with E-state index in [0.29, 0.717) is 5.56 Å². The summed E-state index contributed by atoms with van der Waals surface area (Å²) in [5.41, 5.74) is 0.518. The van der Waals surface area contributed by atoms with Crippen molar-refractivity contribution in [3.05, 3.63) is 29.8 Å². The lowest BCUT2D eigenvalue weighted by molar-refractivity contribution is -0.274. The molecule has 0 aliphatic carbocycles. The highest BCUT2D eigenvalue weighted by Crippen LogP contribution is 2.23. The van der Waals surface area contributed by atoms with Gasteiger partial charge in [-0.15, -0.1) is 18.3 Å². The van der Waals surface area contributed by atoms with Gasteiger partial charge in [0.25, 0.3) is 0 Å². The molecule has 0 aliphatic heterocycles. The van der Waals surface area contributed by atoms with Gasteiger partial charge in [0.05, 0.1) is 0 Å². The van der Waals surface area contributed by atoms with Crippen molar-refractivity contribution < 1.29 is 22.7 Å². The Balaban J connectivity index is 2.69. The summed E-state index contributed by atoms with van der Waals surface area (Å²) >= 11 is 0. The van der Waals surface area contributed by atoms with Crippen molar-refractivity contribution >= 4 is 6.72 Å². The van der Waals surface area contributed by atoms with E-state index in [4.69, 9.17) is 0 Å². The van der Waals surface area contributed by atoms with Gasteiger partial charge in [-0.05, 0) is 17.7 Å². The van der Waals surface area contributed by atoms with Crippen LogP contribution >= 0.6 is 0 Å². The molecule has 0 fully saturated rings. The third-order valence-corrected chi connectivity index (χ3v) is 1.45. The van der Waals surface area contributed by atoms with E-state index in [1.54, 1.807) is 6.07 Å². The smallest absolute Gasteiger partial charge is 0.406 e. The second-order valence-electron chi connectivity index (χ2n) is 2.60. The van der Waals surface area contributed by atoms with E-state index >= 15 is 0 Å². The van der Waals surface area contributed by atoms with Crippen LogP contribution in [-0.4, -0.2) is 13.1 Å². The van der Waals surface area contributed by atoms with Crippen LogP contribution in [0, 0.1) is 0 Å². The highest BCUT2D eigenvalue weighted by Gasteiger charge is 2.31. The van der Waals surface area contributed by atoms with Crippen molar-refractivity contribution in [2.75, 3.05) is 0 Å². The van der Waals surface area contributed by atoms with Gasteiger partial charge in [-0.25, -0.2) is 0 Å². The minimum atomic E-state index is -4.68. The quantitative estimate of drug-likeness (QED) is 0.575. The zero-order valence-electron chi connectivity index (χ0n) is 7.62. The lowest BCUT2D eigenvalue weighted by Crippen LogP contribution is -2.17. The van der Waals surface area contributed by atoms with E-state index in [9.17, 15) is 13.2 Å². The number of benzene rings is 1. The number of nitrogens with zero attached hydrogens (tertiary/aromatic N) is 1. The van der Waals surface area contributed by atoms with Gasteiger partial charge in [0, 0.05) is 6.72 Å². The Hall–Kier alpha value is -1.72. The first-order valence-electron chi connectivity index (χ1n) is 3.94. The minimum Gasteiger partial charge on any atom is -0.406 e. The monoisotopic (exact) mass is 219 g/mol. The van der Waals surface area contributed by atoms with Gasteiger partial charge in [0.2, 0.25) is 0 Å². The summed E-state index contributed by atoms with van der Waals surface area (Å²) in [6.07, 6.45) is -4.68. The summed E-state index contributed by atoms with van der Waals surface area (Å²) in [5.74, 6) is -0.285. The summed E-state index contributed by atoms with van der Waals surface area (Å²) < 4.78 is 39.2. The van der Waals surface area contributed by atoms with Crippen LogP contribution in [0.2, 0.25) is 0 Å². The predicted octanol–water partition coefficient (Wildman–Crippen LogP) is 2.72. The number of hydrogen-bond donors (Lipinski definition) is 0. The third kappa shape index (κ3) is 4.35. The number of halogens is 3. The largest absolute Gasteiger partial charge is 0.573 e. The normalized spacial score (nSPS) is 10.9. The Kier molecular flexibility index (Phi) is 3.54. The molecule has 0 amide bonds. The number of ether oxygens (including phenoxy) is 1. The van der Waals surface area contributed by atoms with Crippen molar-refractivity contribution in [2.45, 2.75) is 13.0 Å². The average Bonchev–Trinajstić information content (AvgIpc) is 2.12. The maximum atomic E-state index is 11.8. The SMILES string of the molecule is C=NOCc1cccc(OC(F)(F)F)c1. The second kappa shape index (κ2) is 4.68. The van der Waals surface area contributed by atoms with E-state index in [1.807, 2.05) is 0 Å². The first kappa shape index (κ1) is 11.4. The molecule has 0 spiro atoms. The molecule has 1 rings (SSSR count). The third-order valence-electron chi connectivity index (χ3n) is 1.45. The van der Waals surface area contributed by atoms with E-state index in [0.717, 1.165) is 0 Å². The molecule has 0 aliphatic rings. The van der Waals surface area contributed by atoms with Crippen molar-refractivity contribution in [2.24, 2.45) is 5.16 Å². The van der Waals surface area contributed by atoms with Crippen LogP contribution in [0.1, 0.15) is 5.56 Å². The molecule has 0 aromatic heterocycles. The molecule has 1 aromatic rings. The minimum absolute atomic E-state index is 0.0541. The Morgan fingerprint density at radius 2 is 2.07 bits per heavy atom. The van der Waals surface area contributed by atoms with Crippen LogP contribution in [-0.2, 0) is 11.4 Å². The van der Waals surface area contributed by atoms with E-state index in [1.165, 1.54) is 18.2 Å². The first-order chi connectivity index (χ1) is 7.01. The molecule has 1 aromatic carbocycles. The summed E-state index contributed by atoms with van der Waals surface area (Å²) in [7, 11) is 0. The Morgan fingerprint density at radius 1 is 1.33 bits per heavy atom. The molecule has 0 heterocycles. The number of oxime groups is 1. The molecule has 82 valence electrons. The molecule has 0 atom stereocenters. The molecular formula is C9H8F3NO2. The van der Waals surface area contributed by atoms with Crippen LogP contribution in [0.15, 0.2) is 29.4 Å². The summed E-state index contributed by atoms with van der Waals surface area (Å²) in [6, 6.07) is 5.45. The molecule has 0 saturated heterocycles. The average molecular weight is 219 g/mol. The summed E-state index contributed by atoms with van der Waals surface area (Å²) in [5, 5.41) is 3.12. The summed E-state index contributed by atoms with van der Waals surface area (Å²) in [6.45, 7) is 3.13. The van der Waals surface area contributed by atoms with Crippen molar-refractivity contribution in [3.63, 3.8) is 0 Å². The molecule has 0 unspecified atom stereocenters. The lowest BCUT2D eigenvalue weighted by atomic mass is 10.2. The van der Waals surface area contributed by atoms with Gasteiger partial charge in [0.1, 0.15) is 12.4 Å². The fourth-order valence-electron chi connectivity index (χ4n) is 0.953. The summed E-state index contributed by atoms with van der Waals surface area (Å²) in [4.78, 5) is 4.58. The van der Waals surface area contributed by atoms with Gasteiger partial charge < -0.3 is 9.57 Å². The van der Waals surface area contributed by atoms with E-state index in [2.05, 4.69) is 21.4 Å². The van der Waals surface area contributed by atoms with E-state index in [-0.39, 0.29) is 12.4 Å². The molecule has 0 radical (unpaired) electrons. The van der Waals surface area contributed by atoms with Crippen molar-refractivity contribution in [3.8, 4) is 5.75 Å². The van der Waals surface area contributed by atoms with Gasteiger partial charge in [-0.3, -0.25) is 0 Å². The molecule has 3 nitrogen and oxygen atoms in total. The standard InChI is InChI=1S/C9H8F3NO2/c1-13-14-6-7-3-2-4-8(5-7)15-9(10,11)12/h2-5H,1,6H2. The Morgan fingerprint density at radius 3 is 2.67 bits per heavy atom. The maximum absolute atomic E-state index is 11.8. The molecule has 0 bridgehead atoms. The topological polar surface area (TPSA) is 30.8 Å². The van der Waals surface area contributed by atoms with Crippen LogP contribution < -0.4 is 4.74 Å². The van der Waals surface area contributed by atoms with Crippen molar-refractivity contribution in [1.29, 1.82) is 0 Å². The maximum Gasteiger partial charge on any atom is 0.573 e. The van der Waals surface area contributed by atoms with Crippen LogP contribution in [0.25, 0.3) is 0 Å². The number of rotatable bonds is 4. The van der Waals surface area contributed by atoms with Gasteiger partial charge in [-0.1, -0.05) is 12.1 Å². The second-order valence-corrected chi connectivity index (χ2v) is 2.60. The highest BCUT2D eigenvalue weighted by atomic mass is 19.4. The van der Waals surface area contributed by atoms with Gasteiger partial charge >= 0.3 is 6.36 Å². The molecule has 15 heavy (non-hydrogen) atoms. The molecule has 6 heteroatoms.